The van der Waals surface area contributed by atoms with Crippen LogP contribution in [0.15, 0.2) is 24.3 Å². The highest BCUT2D eigenvalue weighted by atomic mass is 16.5. The minimum atomic E-state index is -0.753. The third kappa shape index (κ3) is 1.98. The number of Topliss-reactive ketones (excluding diaryl/α,β-unsaturated/α-hetero) is 1. The number of ether oxygens (including phenoxy) is 1. The summed E-state index contributed by atoms with van der Waals surface area (Å²) < 4.78 is 4.85. The lowest BCUT2D eigenvalue weighted by Crippen LogP contribution is -2.54. The molecule has 4 heteroatoms. The van der Waals surface area contributed by atoms with Crippen molar-refractivity contribution in [2.75, 3.05) is 6.61 Å². The molecule has 1 saturated carbocycles. The summed E-state index contributed by atoms with van der Waals surface area (Å²) in [5.41, 5.74) is -1.49. The number of rotatable bonds is 3. The van der Waals surface area contributed by atoms with Gasteiger partial charge in [0, 0.05) is 6.08 Å². The lowest BCUT2D eigenvalue weighted by atomic mass is 9.50. The van der Waals surface area contributed by atoms with E-state index in [0.717, 1.165) is 0 Å². The first-order valence-electron chi connectivity index (χ1n) is 6.88. The van der Waals surface area contributed by atoms with Crippen LogP contribution in [0.2, 0.25) is 0 Å². The van der Waals surface area contributed by atoms with E-state index in [1.54, 1.807) is 13.0 Å². The van der Waals surface area contributed by atoms with Crippen molar-refractivity contribution in [2.24, 2.45) is 22.7 Å². The molecule has 3 aliphatic rings. The summed E-state index contributed by atoms with van der Waals surface area (Å²) in [6.45, 7) is 5.70. The van der Waals surface area contributed by atoms with E-state index in [-0.39, 0.29) is 17.6 Å². The molecule has 0 heterocycles. The predicted octanol–water partition coefficient (Wildman–Crippen LogP) is 2.42. The summed E-state index contributed by atoms with van der Waals surface area (Å²) in [4.78, 5) is 24.2. The summed E-state index contributed by atoms with van der Waals surface area (Å²) in [6.07, 6.45) is 7.50. The van der Waals surface area contributed by atoms with Gasteiger partial charge in [-0.05, 0) is 33.1 Å². The van der Waals surface area contributed by atoms with E-state index in [2.05, 4.69) is 6.07 Å². The Morgan fingerprint density at radius 1 is 1.60 bits per heavy atom. The van der Waals surface area contributed by atoms with Crippen molar-refractivity contribution >= 4 is 11.8 Å². The molecule has 0 aromatic heterocycles. The first-order chi connectivity index (χ1) is 9.38. The molecule has 106 valence electrons. The number of nitrogens with zero attached hydrogens (tertiary/aromatic N) is 1. The third-order valence-electron chi connectivity index (χ3n) is 4.65. The maximum Gasteiger partial charge on any atom is 0.330 e. The van der Waals surface area contributed by atoms with Crippen LogP contribution in [-0.2, 0) is 14.3 Å². The van der Waals surface area contributed by atoms with Crippen LogP contribution in [0.1, 0.15) is 27.2 Å². The van der Waals surface area contributed by atoms with Crippen molar-refractivity contribution in [1.29, 1.82) is 5.26 Å². The Balaban J connectivity index is 2.32. The number of carbonyl (C=O) groups is 2. The van der Waals surface area contributed by atoms with Crippen LogP contribution in [0.3, 0.4) is 0 Å². The highest BCUT2D eigenvalue weighted by Crippen LogP contribution is 2.55. The fourth-order valence-corrected chi connectivity index (χ4v) is 3.25. The fraction of sp³-hybridized carbons (Fsp3) is 0.562. The monoisotopic (exact) mass is 273 g/mol. The second-order valence-electron chi connectivity index (χ2n) is 5.86. The van der Waals surface area contributed by atoms with Gasteiger partial charge in [-0.1, -0.05) is 18.2 Å². The lowest BCUT2D eigenvalue weighted by molar-refractivity contribution is -0.142. The number of nitriles is 1. The maximum absolute atomic E-state index is 12.8. The van der Waals surface area contributed by atoms with Crippen LogP contribution in [-0.4, -0.2) is 18.4 Å². The molecule has 0 aromatic rings. The van der Waals surface area contributed by atoms with Crippen LogP contribution in [0, 0.1) is 34.0 Å². The summed E-state index contributed by atoms with van der Waals surface area (Å²) in [5.74, 6) is -0.744. The lowest BCUT2D eigenvalue weighted by Gasteiger charge is -2.50. The largest absolute Gasteiger partial charge is 0.463 e. The number of ketones is 1. The van der Waals surface area contributed by atoms with E-state index in [0.29, 0.717) is 13.0 Å². The van der Waals surface area contributed by atoms with Crippen molar-refractivity contribution in [3.63, 3.8) is 0 Å². The topological polar surface area (TPSA) is 67.2 Å². The Kier molecular flexibility index (Phi) is 3.56. The Hall–Kier alpha value is -1.89. The third-order valence-corrected chi connectivity index (χ3v) is 4.65. The zero-order valence-electron chi connectivity index (χ0n) is 12.1. The number of allylic oxidation sites excluding steroid dienone is 3. The van der Waals surface area contributed by atoms with Crippen LogP contribution in [0.5, 0.6) is 0 Å². The fourth-order valence-electron chi connectivity index (χ4n) is 3.25. The van der Waals surface area contributed by atoms with E-state index >= 15 is 0 Å². The van der Waals surface area contributed by atoms with Crippen molar-refractivity contribution in [3.05, 3.63) is 24.3 Å². The molecule has 0 unspecified atom stereocenters. The summed E-state index contributed by atoms with van der Waals surface area (Å²) in [5, 5.41) is 9.23. The summed E-state index contributed by atoms with van der Waals surface area (Å²) in [7, 11) is 0. The zero-order valence-corrected chi connectivity index (χ0v) is 12.1. The first-order valence-corrected chi connectivity index (χ1v) is 6.88. The predicted molar refractivity (Wildman–Crippen MR) is 73.3 cm³/mol. The van der Waals surface area contributed by atoms with E-state index in [4.69, 9.17) is 4.74 Å². The van der Waals surface area contributed by atoms with Crippen LogP contribution >= 0.6 is 0 Å². The number of esters is 1. The van der Waals surface area contributed by atoms with Gasteiger partial charge in [-0.25, -0.2) is 4.79 Å². The zero-order chi connectivity index (χ0) is 15.0. The molecule has 0 spiro atoms. The standard InChI is InChI=1S/C16H19NO3/c1-4-20-13(18)6-8-15(2)11-5-7-16(3,14(15)19)12(9-11)10-17/h5-8,11-12H,4,9H2,1-3H3/b8-6+/t11-,12-,15-,16+/m1/s1. The molecule has 1 fully saturated rings. The minimum Gasteiger partial charge on any atom is -0.463 e. The van der Waals surface area contributed by atoms with Gasteiger partial charge in [0.05, 0.1) is 29.4 Å². The smallest absolute Gasteiger partial charge is 0.330 e. The van der Waals surface area contributed by atoms with Crippen molar-refractivity contribution < 1.29 is 14.3 Å². The van der Waals surface area contributed by atoms with Crippen molar-refractivity contribution in [1.82, 2.24) is 0 Å². The quantitative estimate of drug-likeness (QED) is 0.450. The van der Waals surface area contributed by atoms with Crippen molar-refractivity contribution in [2.45, 2.75) is 27.2 Å². The molecule has 0 N–H and O–H groups in total. The van der Waals surface area contributed by atoms with Crippen molar-refractivity contribution in [3.8, 4) is 6.07 Å². The van der Waals surface area contributed by atoms with E-state index in [1.165, 1.54) is 6.08 Å². The second-order valence-corrected chi connectivity index (χ2v) is 5.86. The molecule has 3 aliphatic carbocycles. The van der Waals surface area contributed by atoms with Crippen LogP contribution in [0.4, 0.5) is 0 Å². The molecular formula is C16H19NO3. The Labute approximate surface area is 119 Å². The number of hydrogen-bond donors (Lipinski definition) is 0. The molecule has 0 aliphatic heterocycles. The van der Waals surface area contributed by atoms with E-state index in [1.807, 2.05) is 26.0 Å². The molecule has 2 bridgehead atoms. The maximum atomic E-state index is 12.8. The van der Waals surface area contributed by atoms with Gasteiger partial charge in [0.25, 0.3) is 0 Å². The molecule has 0 radical (unpaired) electrons. The van der Waals surface area contributed by atoms with Gasteiger partial charge in [-0.2, -0.15) is 5.26 Å². The van der Waals surface area contributed by atoms with Gasteiger partial charge in [-0.15, -0.1) is 0 Å². The highest BCUT2D eigenvalue weighted by Gasteiger charge is 2.58. The number of hydrogen-bond acceptors (Lipinski definition) is 4. The Bertz CT molecular complexity index is 542. The first kappa shape index (κ1) is 14.5. The average Bonchev–Trinajstić information content (AvgIpc) is 2.43. The van der Waals surface area contributed by atoms with Gasteiger partial charge >= 0.3 is 5.97 Å². The molecule has 20 heavy (non-hydrogen) atoms. The second kappa shape index (κ2) is 4.90. The summed E-state index contributed by atoms with van der Waals surface area (Å²) in [6, 6.07) is 2.24. The summed E-state index contributed by atoms with van der Waals surface area (Å²) >= 11 is 0. The Morgan fingerprint density at radius 2 is 2.30 bits per heavy atom. The molecule has 4 atom stereocenters. The normalized spacial score (nSPS) is 39.0. The molecule has 0 saturated heterocycles. The van der Waals surface area contributed by atoms with Gasteiger partial charge < -0.3 is 4.74 Å². The molecule has 3 rings (SSSR count). The van der Waals surface area contributed by atoms with Gasteiger partial charge in [0.2, 0.25) is 0 Å². The van der Waals surface area contributed by atoms with E-state index < -0.39 is 16.8 Å². The SMILES string of the molecule is CCOC(=O)/C=C/[C@@]1(C)C(=O)[C@@]2(C)C=C[C@@H]1C[C@@H]2C#N. The molecule has 0 aromatic carbocycles. The van der Waals surface area contributed by atoms with E-state index in [9.17, 15) is 14.9 Å². The minimum absolute atomic E-state index is 0.0100. The highest BCUT2D eigenvalue weighted by molar-refractivity contribution is 5.97. The number of fused-ring (bicyclic) bond motifs is 2. The average molecular weight is 273 g/mol. The number of carbonyl (C=O) groups excluding carboxylic acids is 2. The van der Waals surface area contributed by atoms with Gasteiger partial charge in [-0.3, -0.25) is 4.79 Å². The van der Waals surface area contributed by atoms with Crippen LogP contribution < -0.4 is 0 Å². The Morgan fingerprint density at radius 3 is 2.90 bits per heavy atom. The van der Waals surface area contributed by atoms with Crippen LogP contribution in [0.25, 0.3) is 0 Å². The molecule has 0 amide bonds. The molecule has 4 nitrogen and oxygen atoms in total. The van der Waals surface area contributed by atoms with Gasteiger partial charge in [0.15, 0.2) is 5.78 Å². The van der Waals surface area contributed by atoms with Gasteiger partial charge in [0.1, 0.15) is 0 Å². The molecular weight excluding hydrogens is 254 g/mol.